The molecule has 0 aliphatic heterocycles. The van der Waals surface area contributed by atoms with Gasteiger partial charge in [-0.2, -0.15) is 4.99 Å². The molecule has 5 heteroatoms. The number of guanidine groups is 1. The van der Waals surface area contributed by atoms with Crippen molar-refractivity contribution in [3.05, 3.63) is 59.2 Å². The Balaban J connectivity index is 2.31. The minimum absolute atomic E-state index is 0.235. The van der Waals surface area contributed by atoms with Crippen LogP contribution in [0.25, 0.3) is 17.2 Å². The normalized spacial score (nSPS) is 11.1. The molecule has 0 saturated heterocycles. The number of carbonyl (C=O) groups excluding carboxylic acids is 1. The van der Waals surface area contributed by atoms with Gasteiger partial charge in [0, 0.05) is 5.57 Å². The zero-order chi connectivity index (χ0) is 17.0. The molecule has 2 aromatic carbocycles. The third-order valence-electron chi connectivity index (χ3n) is 3.41. The molecule has 0 atom stereocenters. The Morgan fingerprint density at radius 3 is 2.26 bits per heavy atom. The van der Waals surface area contributed by atoms with Crippen molar-refractivity contribution in [3.8, 4) is 16.9 Å². The monoisotopic (exact) mass is 309 g/mol. The second kappa shape index (κ2) is 6.79. The van der Waals surface area contributed by atoms with Gasteiger partial charge >= 0.3 is 0 Å². The van der Waals surface area contributed by atoms with Gasteiger partial charge in [0.15, 0.2) is 5.96 Å². The average molecular weight is 309 g/mol. The molecule has 0 radical (unpaired) electrons. The Morgan fingerprint density at radius 1 is 1.09 bits per heavy atom. The summed E-state index contributed by atoms with van der Waals surface area (Å²) in [5, 5.41) is 9.35. The number of rotatable bonds is 3. The van der Waals surface area contributed by atoms with Crippen LogP contribution in [-0.2, 0) is 4.79 Å². The smallest absolute Gasteiger partial charge is 0.275 e. The highest BCUT2D eigenvalue weighted by atomic mass is 16.3. The van der Waals surface area contributed by atoms with E-state index in [1.807, 2.05) is 37.3 Å². The first-order valence-electron chi connectivity index (χ1n) is 7.09. The Hall–Kier alpha value is -3.08. The molecule has 5 N–H and O–H groups in total. The van der Waals surface area contributed by atoms with Crippen LogP contribution in [-0.4, -0.2) is 17.0 Å². The number of benzene rings is 2. The summed E-state index contributed by atoms with van der Waals surface area (Å²) >= 11 is 0. The van der Waals surface area contributed by atoms with Crippen molar-refractivity contribution in [2.75, 3.05) is 0 Å². The molecule has 0 saturated carbocycles. The van der Waals surface area contributed by atoms with E-state index in [9.17, 15) is 9.90 Å². The second-order valence-corrected chi connectivity index (χ2v) is 5.29. The fraction of sp³-hybridized carbons (Fsp3) is 0.111. The molecule has 0 aliphatic carbocycles. The van der Waals surface area contributed by atoms with Crippen molar-refractivity contribution in [1.82, 2.24) is 0 Å². The summed E-state index contributed by atoms with van der Waals surface area (Å²) in [4.78, 5) is 15.3. The fourth-order valence-electron chi connectivity index (χ4n) is 2.17. The number of aliphatic imine (C=N–C) groups is 1. The molecule has 118 valence electrons. The molecule has 0 aliphatic rings. The van der Waals surface area contributed by atoms with Crippen LogP contribution >= 0.6 is 0 Å². The highest BCUT2D eigenvalue weighted by molar-refractivity contribution is 6.03. The highest BCUT2D eigenvalue weighted by Gasteiger charge is 2.06. The van der Waals surface area contributed by atoms with Crippen molar-refractivity contribution in [1.29, 1.82) is 0 Å². The first-order chi connectivity index (χ1) is 10.9. The molecule has 2 aromatic rings. The number of aromatic hydroxyl groups is 1. The third kappa shape index (κ3) is 4.20. The maximum atomic E-state index is 11.7. The van der Waals surface area contributed by atoms with E-state index >= 15 is 0 Å². The average Bonchev–Trinajstić information content (AvgIpc) is 2.49. The number of amides is 1. The third-order valence-corrected chi connectivity index (χ3v) is 3.41. The van der Waals surface area contributed by atoms with Gasteiger partial charge in [-0.25, -0.2) is 0 Å². The maximum Gasteiger partial charge on any atom is 0.275 e. The van der Waals surface area contributed by atoms with Crippen LogP contribution in [0, 0.1) is 6.92 Å². The molecule has 0 heterocycles. The first kappa shape index (κ1) is 16.3. The molecule has 0 unspecified atom stereocenters. The van der Waals surface area contributed by atoms with E-state index < -0.39 is 5.91 Å². The predicted octanol–water partition coefficient (Wildman–Crippen LogP) is 2.57. The van der Waals surface area contributed by atoms with E-state index in [1.54, 1.807) is 25.1 Å². The first-order valence-corrected chi connectivity index (χ1v) is 7.09. The van der Waals surface area contributed by atoms with Gasteiger partial charge in [0.1, 0.15) is 5.75 Å². The Morgan fingerprint density at radius 2 is 1.70 bits per heavy atom. The lowest BCUT2D eigenvalue weighted by atomic mass is 9.98. The van der Waals surface area contributed by atoms with E-state index in [2.05, 4.69) is 4.99 Å². The Kier molecular flexibility index (Phi) is 4.81. The van der Waals surface area contributed by atoms with Gasteiger partial charge in [-0.1, -0.05) is 30.3 Å². The molecule has 2 rings (SSSR count). The molecular weight excluding hydrogens is 290 g/mol. The van der Waals surface area contributed by atoms with Crippen LogP contribution in [0.4, 0.5) is 0 Å². The predicted molar refractivity (Wildman–Crippen MR) is 92.7 cm³/mol. The van der Waals surface area contributed by atoms with E-state index in [0.717, 1.165) is 22.3 Å². The van der Waals surface area contributed by atoms with Crippen LogP contribution in [0.2, 0.25) is 0 Å². The van der Waals surface area contributed by atoms with Gasteiger partial charge in [0.05, 0.1) is 0 Å². The van der Waals surface area contributed by atoms with Crippen LogP contribution in [0.15, 0.2) is 53.0 Å². The van der Waals surface area contributed by atoms with Crippen LogP contribution in [0.3, 0.4) is 0 Å². The van der Waals surface area contributed by atoms with Gasteiger partial charge in [0.25, 0.3) is 5.91 Å². The topological polar surface area (TPSA) is 102 Å². The largest absolute Gasteiger partial charge is 0.508 e. The molecule has 1 amide bonds. The van der Waals surface area contributed by atoms with Gasteiger partial charge in [-0.15, -0.1) is 0 Å². The van der Waals surface area contributed by atoms with Gasteiger partial charge in [-0.3, -0.25) is 4.79 Å². The molecule has 0 fully saturated rings. The number of phenolic OH excluding ortho intramolecular Hbond substituents is 1. The van der Waals surface area contributed by atoms with Crippen LogP contribution in [0.5, 0.6) is 5.75 Å². The maximum absolute atomic E-state index is 11.7. The molecule has 0 spiro atoms. The zero-order valence-electron chi connectivity index (χ0n) is 13.1. The van der Waals surface area contributed by atoms with E-state index in [4.69, 9.17) is 11.5 Å². The van der Waals surface area contributed by atoms with E-state index in [1.165, 1.54) is 0 Å². The number of nitrogens with two attached hydrogens (primary N) is 2. The number of nitrogens with zero attached hydrogens (tertiary/aromatic N) is 1. The number of aryl methyl sites for hydroxylation is 1. The molecule has 0 bridgehead atoms. The Bertz CT molecular complexity index is 786. The summed E-state index contributed by atoms with van der Waals surface area (Å²) < 4.78 is 0. The summed E-state index contributed by atoms with van der Waals surface area (Å²) in [7, 11) is 0. The highest BCUT2D eigenvalue weighted by Crippen LogP contribution is 2.25. The fourth-order valence-corrected chi connectivity index (χ4v) is 2.17. The standard InChI is InChI=1S/C18H19N3O2/c1-11-9-15(13-5-7-16(22)8-6-13)4-3-14(11)10-12(2)17(23)21-18(19)20/h3-10,22H,1-2H3,(H4,19,20,21,23). The van der Waals surface area contributed by atoms with Gasteiger partial charge < -0.3 is 16.6 Å². The lowest BCUT2D eigenvalue weighted by Crippen LogP contribution is -2.24. The quantitative estimate of drug-likeness (QED) is 0.460. The van der Waals surface area contributed by atoms with Crippen molar-refractivity contribution in [2.24, 2.45) is 16.5 Å². The van der Waals surface area contributed by atoms with Crippen molar-refractivity contribution >= 4 is 17.9 Å². The minimum atomic E-state index is -0.452. The van der Waals surface area contributed by atoms with Crippen molar-refractivity contribution in [3.63, 3.8) is 0 Å². The minimum Gasteiger partial charge on any atom is -0.508 e. The van der Waals surface area contributed by atoms with Gasteiger partial charge in [0.2, 0.25) is 0 Å². The number of phenols is 1. The summed E-state index contributed by atoms with van der Waals surface area (Å²) in [6.07, 6.45) is 1.75. The zero-order valence-corrected chi connectivity index (χ0v) is 13.1. The van der Waals surface area contributed by atoms with E-state index in [-0.39, 0.29) is 11.7 Å². The molecule has 0 aromatic heterocycles. The Labute approximate surface area is 135 Å². The number of hydrogen-bond donors (Lipinski definition) is 3. The van der Waals surface area contributed by atoms with Crippen LogP contribution in [0.1, 0.15) is 18.1 Å². The van der Waals surface area contributed by atoms with Crippen LogP contribution < -0.4 is 11.5 Å². The second-order valence-electron chi connectivity index (χ2n) is 5.29. The molecule has 5 nitrogen and oxygen atoms in total. The lowest BCUT2D eigenvalue weighted by molar-refractivity contribution is -0.114. The number of carbonyl (C=O) groups is 1. The lowest BCUT2D eigenvalue weighted by Gasteiger charge is -2.07. The SMILES string of the molecule is CC(=Cc1ccc(-c2ccc(O)cc2)cc1C)C(=O)N=C(N)N. The van der Waals surface area contributed by atoms with Crippen molar-refractivity contribution < 1.29 is 9.90 Å². The molecular formula is C18H19N3O2. The van der Waals surface area contributed by atoms with E-state index in [0.29, 0.717) is 5.57 Å². The van der Waals surface area contributed by atoms with Gasteiger partial charge in [-0.05, 0) is 54.3 Å². The molecule has 23 heavy (non-hydrogen) atoms. The van der Waals surface area contributed by atoms with Crippen molar-refractivity contribution in [2.45, 2.75) is 13.8 Å². The summed E-state index contributed by atoms with van der Waals surface area (Å²) in [6, 6.07) is 12.9. The summed E-state index contributed by atoms with van der Waals surface area (Å²) in [5.41, 5.74) is 14.9. The summed E-state index contributed by atoms with van der Waals surface area (Å²) in [6.45, 7) is 3.64. The summed E-state index contributed by atoms with van der Waals surface area (Å²) in [5.74, 6) is -0.465. The number of hydrogen-bond acceptors (Lipinski definition) is 2.